The molecule has 0 saturated heterocycles. The summed E-state index contributed by atoms with van der Waals surface area (Å²) in [4.78, 5) is 12.6. The Bertz CT molecular complexity index is 741. The normalized spacial score (nSPS) is 18.8. The number of hydrogen-bond donors (Lipinski definition) is 0. The molecule has 0 amide bonds. The maximum atomic E-state index is 12.6. The molecule has 0 radical (unpaired) electrons. The van der Waals surface area contributed by atoms with E-state index in [-0.39, 0.29) is 42.1 Å². The SMILES string of the molecule is CCCCCCCC(=O)OC(C(C)C)[N+]1(C)CCC=C(c2nsnc2OCCCCCC)C1.[I-]. The molecule has 0 bridgehead atoms. The van der Waals surface area contributed by atoms with E-state index in [1.165, 1.54) is 50.3 Å². The molecular weight excluding hydrogens is 561 g/mol. The van der Waals surface area contributed by atoms with Crippen LogP contribution in [0.25, 0.3) is 5.57 Å². The van der Waals surface area contributed by atoms with E-state index < -0.39 is 0 Å². The van der Waals surface area contributed by atoms with Crippen LogP contribution in [0, 0.1) is 5.92 Å². The third kappa shape index (κ3) is 10.1. The summed E-state index contributed by atoms with van der Waals surface area (Å²) in [6, 6.07) is 0. The Morgan fingerprint density at radius 1 is 1.06 bits per heavy atom. The van der Waals surface area contributed by atoms with Crippen LogP contribution in [0.15, 0.2) is 6.08 Å². The zero-order chi connectivity index (χ0) is 24.1. The van der Waals surface area contributed by atoms with Gasteiger partial charge in [-0.1, -0.05) is 78.7 Å². The minimum atomic E-state index is -0.165. The van der Waals surface area contributed by atoms with Gasteiger partial charge in [0.25, 0.3) is 5.88 Å². The average molecular weight is 608 g/mol. The molecule has 8 heteroatoms. The van der Waals surface area contributed by atoms with Gasteiger partial charge in [-0.15, -0.1) is 4.37 Å². The van der Waals surface area contributed by atoms with Crippen molar-refractivity contribution in [2.45, 2.75) is 105 Å². The number of rotatable bonds is 16. The number of likely N-dealkylation sites (N-methyl/N-ethyl adjacent to an activating group) is 1. The Labute approximate surface area is 228 Å². The number of nitrogens with zero attached hydrogens (tertiary/aromatic N) is 3. The zero-order valence-corrected chi connectivity index (χ0v) is 25.0. The second-order valence-electron chi connectivity index (χ2n) is 9.99. The van der Waals surface area contributed by atoms with Crippen LogP contribution in [-0.4, -0.2) is 52.2 Å². The van der Waals surface area contributed by atoms with Crippen molar-refractivity contribution in [3.63, 3.8) is 0 Å². The first kappa shape index (κ1) is 31.3. The summed E-state index contributed by atoms with van der Waals surface area (Å²) in [5.74, 6) is 0.828. The monoisotopic (exact) mass is 607 g/mol. The number of aromatic nitrogens is 2. The van der Waals surface area contributed by atoms with Crippen molar-refractivity contribution in [2.24, 2.45) is 5.92 Å². The van der Waals surface area contributed by atoms with Gasteiger partial charge in [-0.3, -0.25) is 9.28 Å². The standard InChI is InChI=1S/C26H46N3O3S.HI/c1-6-8-10-12-13-17-23(30)32-26(21(3)4)29(5)18-15-16-22(20-29)24-25(28-33-27-24)31-19-14-11-9-7-2;/h16,21,26H,6-15,17-20H2,1-5H3;1H/q+1;/p-1. The van der Waals surface area contributed by atoms with Gasteiger partial charge in [0, 0.05) is 24.3 Å². The van der Waals surface area contributed by atoms with Crippen molar-refractivity contribution in [1.82, 2.24) is 8.75 Å². The molecule has 1 aliphatic rings. The maximum Gasteiger partial charge on any atom is 0.310 e. The molecule has 196 valence electrons. The highest BCUT2D eigenvalue weighted by atomic mass is 127. The van der Waals surface area contributed by atoms with Gasteiger partial charge in [-0.05, 0) is 12.8 Å². The molecule has 1 aliphatic heterocycles. The zero-order valence-electron chi connectivity index (χ0n) is 22.0. The molecule has 1 aromatic heterocycles. The summed E-state index contributed by atoms with van der Waals surface area (Å²) < 4.78 is 21.8. The Kier molecular flexibility index (Phi) is 15.5. The van der Waals surface area contributed by atoms with Crippen molar-refractivity contribution >= 4 is 23.3 Å². The van der Waals surface area contributed by atoms with E-state index in [0.29, 0.717) is 23.4 Å². The van der Waals surface area contributed by atoms with E-state index >= 15 is 0 Å². The quantitative estimate of drug-likeness (QED) is 0.124. The highest BCUT2D eigenvalue weighted by Gasteiger charge is 2.41. The molecule has 34 heavy (non-hydrogen) atoms. The number of ether oxygens (including phenoxy) is 2. The Morgan fingerprint density at radius 2 is 1.74 bits per heavy atom. The molecule has 2 atom stereocenters. The van der Waals surface area contributed by atoms with Crippen LogP contribution in [0.4, 0.5) is 0 Å². The van der Waals surface area contributed by atoms with Crippen molar-refractivity contribution in [1.29, 1.82) is 0 Å². The number of quaternary nitrogens is 1. The number of unbranched alkanes of at least 4 members (excludes halogenated alkanes) is 7. The number of carbonyl (C=O) groups excluding carboxylic acids is 1. The van der Waals surface area contributed by atoms with E-state index in [0.717, 1.165) is 50.0 Å². The molecular formula is C26H46IN3O3S. The number of carbonyl (C=O) groups is 1. The van der Waals surface area contributed by atoms with Crippen molar-refractivity contribution in [3.8, 4) is 5.88 Å². The largest absolute Gasteiger partial charge is 1.00 e. The Hall–Kier alpha value is -0.740. The van der Waals surface area contributed by atoms with Crippen LogP contribution in [0.3, 0.4) is 0 Å². The van der Waals surface area contributed by atoms with Gasteiger partial charge in [-0.25, -0.2) is 0 Å². The number of halogens is 1. The summed E-state index contributed by atoms with van der Waals surface area (Å²) in [6.45, 7) is 11.1. The van der Waals surface area contributed by atoms with E-state index in [2.05, 4.69) is 49.6 Å². The van der Waals surface area contributed by atoms with Crippen LogP contribution in [0.2, 0.25) is 0 Å². The summed E-state index contributed by atoms with van der Waals surface area (Å²) in [7, 11) is 2.21. The topological polar surface area (TPSA) is 61.3 Å². The fourth-order valence-electron chi connectivity index (χ4n) is 4.67. The fraction of sp³-hybridized carbons (Fsp3) is 0.808. The summed E-state index contributed by atoms with van der Waals surface area (Å²) in [6.07, 6.45) is 13.9. The molecule has 6 nitrogen and oxygen atoms in total. The van der Waals surface area contributed by atoms with Crippen molar-refractivity contribution in [3.05, 3.63) is 11.8 Å². The first-order valence-corrected chi connectivity index (χ1v) is 13.8. The van der Waals surface area contributed by atoms with Gasteiger partial charge < -0.3 is 33.5 Å². The average Bonchev–Trinajstić information content (AvgIpc) is 3.25. The molecule has 2 rings (SSSR count). The first-order chi connectivity index (χ1) is 15.9. The third-order valence-electron chi connectivity index (χ3n) is 6.48. The lowest BCUT2D eigenvalue weighted by Gasteiger charge is -2.44. The molecule has 1 aromatic rings. The van der Waals surface area contributed by atoms with Crippen molar-refractivity contribution < 1.29 is 42.7 Å². The maximum absolute atomic E-state index is 12.6. The lowest BCUT2D eigenvalue weighted by molar-refractivity contribution is -0.950. The Balaban J connectivity index is 0.00000578. The van der Waals surface area contributed by atoms with E-state index in [4.69, 9.17) is 9.47 Å². The molecule has 0 saturated carbocycles. The smallest absolute Gasteiger partial charge is 0.310 e. The van der Waals surface area contributed by atoms with Crippen LogP contribution in [-0.2, 0) is 9.53 Å². The van der Waals surface area contributed by atoms with Gasteiger partial charge in [0.15, 0.2) is 0 Å². The molecule has 0 N–H and O–H groups in total. The van der Waals surface area contributed by atoms with Gasteiger partial charge in [0.1, 0.15) is 12.2 Å². The van der Waals surface area contributed by atoms with E-state index in [1.54, 1.807) is 0 Å². The minimum Gasteiger partial charge on any atom is -1.00 e. The van der Waals surface area contributed by atoms with Gasteiger partial charge in [-0.2, -0.15) is 4.37 Å². The molecule has 0 fully saturated rings. The third-order valence-corrected chi connectivity index (χ3v) is 6.99. The van der Waals surface area contributed by atoms with Gasteiger partial charge >= 0.3 is 5.97 Å². The Morgan fingerprint density at radius 3 is 2.41 bits per heavy atom. The fourth-order valence-corrected chi connectivity index (χ4v) is 5.20. The molecule has 0 aliphatic carbocycles. The molecule has 0 aromatic carbocycles. The lowest BCUT2D eigenvalue weighted by atomic mass is 10.0. The first-order valence-electron chi connectivity index (χ1n) is 13.1. The van der Waals surface area contributed by atoms with Crippen LogP contribution >= 0.6 is 11.7 Å². The predicted octanol–water partition coefficient (Wildman–Crippen LogP) is 3.62. The van der Waals surface area contributed by atoms with Gasteiger partial charge in [0.05, 0.1) is 31.9 Å². The minimum absolute atomic E-state index is 0. The van der Waals surface area contributed by atoms with Crippen LogP contribution < -0.4 is 28.7 Å². The molecule has 2 heterocycles. The lowest BCUT2D eigenvalue weighted by Crippen LogP contribution is -3.00. The van der Waals surface area contributed by atoms with Crippen LogP contribution in [0.1, 0.15) is 104 Å². The van der Waals surface area contributed by atoms with Crippen molar-refractivity contribution in [2.75, 3.05) is 26.7 Å². The second kappa shape index (κ2) is 16.8. The van der Waals surface area contributed by atoms with Gasteiger partial charge in [0.2, 0.25) is 6.23 Å². The predicted molar refractivity (Wildman–Crippen MR) is 136 cm³/mol. The summed E-state index contributed by atoms with van der Waals surface area (Å²) >= 11 is 1.21. The molecule has 0 spiro atoms. The number of esters is 1. The van der Waals surface area contributed by atoms with E-state index in [1.807, 2.05) is 0 Å². The summed E-state index contributed by atoms with van der Waals surface area (Å²) in [5, 5.41) is 0. The van der Waals surface area contributed by atoms with E-state index in [9.17, 15) is 4.79 Å². The highest BCUT2D eigenvalue weighted by Crippen LogP contribution is 2.33. The van der Waals surface area contributed by atoms with Crippen LogP contribution in [0.5, 0.6) is 5.88 Å². The number of hydrogen-bond acceptors (Lipinski definition) is 6. The summed E-state index contributed by atoms with van der Waals surface area (Å²) in [5.41, 5.74) is 2.02. The molecule has 2 unspecified atom stereocenters. The highest BCUT2D eigenvalue weighted by molar-refractivity contribution is 6.99. The second-order valence-corrected chi connectivity index (χ2v) is 10.5.